The molecule has 0 saturated carbocycles. The van der Waals surface area contributed by atoms with Gasteiger partial charge in [-0.05, 0) is 24.3 Å². The van der Waals surface area contributed by atoms with Gasteiger partial charge in [0.25, 0.3) is 0 Å². The monoisotopic (exact) mass is 249 g/mol. The van der Waals surface area contributed by atoms with E-state index in [1.807, 2.05) is 0 Å². The van der Waals surface area contributed by atoms with Crippen LogP contribution in [0.1, 0.15) is 16.1 Å². The molecule has 2 N–H and O–H groups in total. The van der Waals surface area contributed by atoms with Crippen molar-refractivity contribution in [2.24, 2.45) is 0 Å². The van der Waals surface area contributed by atoms with Crippen molar-refractivity contribution in [2.45, 2.75) is 6.42 Å². The number of rotatable bonds is 5. The van der Waals surface area contributed by atoms with Crippen molar-refractivity contribution >= 4 is 11.7 Å². The van der Waals surface area contributed by atoms with Gasteiger partial charge in [-0.25, -0.2) is 9.18 Å². The van der Waals surface area contributed by atoms with Crippen molar-refractivity contribution in [3.8, 4) is 0 Å². The number of halogens is 1. The first-order chi connectivity index (χ1) is 8.68. The van der Waals surface area contributed by atoms with Crippen LogP contribution in [0, 0.1) is 5.82 Å². The lowest BCUT2D eigenvalue weighted by Crippen LogP contribution is -2.11. The van der Waals surface area contributed by atoms with Crippen LogP contribution in [-0.2, 0) is 6.42 Å². The van der Waals surface area contributed by atoms with Crippen LogP contribution in [0.5, 0.6) is 0 Å². The van der Waals surface area contributed by atoms with E-state index in [4.69, 9.17) is 9.52 Å². The van der Waals surface area contributed by atoms with Crippen LogP contribution in [0.4, 0.5) is 10.1 Å². The highest BCUT2D eigenvalue weighted by atomic mass is 19.1. The van der Waals surface area contributed by atoms with Gasteiger partial charge in [0, 0.05) is 13.0 Å². The number of benzene rings is 1. The van der Waals surface area contributed by atoms with E-state index in [0.717, 1.165) is 5.76 Å². The lowest BCUT2D eigenvalue weighted by atomic mass is 10.1. The minimum atomic E-state index is -1.16. The second kappa shape index (κ2) is 5.35. The number of carbonyl (C=O) groups is 1. The van der Waals surface area contributed by atoms with Crippen molar-refractivity contribution < 1.29 is 18.7 Å². The molecule has 2 aromatic rings. The van der Waals surface area contributed by atoms with Crippen molar-refractivity contribution in [3.63, 3.8) is 0 Å². The number of aromatic carboxylic acids is 1. The highest BCUT2D eigenvalue weighted by Crippen LogP contribution is 2.19. The quantitative estimate of drug-likeness (QED) is 0.855. The fourth-order valence-corrected chi connectivity index (χ4v) is 1.65. The Bertz CT molecular complexity index is 537. The zero-order chi connectivity index (χ0) is 13.0. The minimum absolute atomic E-state index is 0.0107. The van der Waals surface area contributed by atoms with E-state index in [9.17, 15) is 9.18 Å². The first-order valence-electron chi connectivity index (χ1n) is 5.46. The normalized spacial score (nSPS) is 10.3. The molecule has 0 aliphatic heterocycles. The van der Waals surface area contributed by atoms with Gasteiger partial charge >= 0.3 is 5.97 Å². The van der Waals surface area contributed by atoms with Crippen LogP contribution in [0.25, 0.3) is 0 Å². The smallest absolute Gasteiger partial charge is 0.337 e. The van der Waals surface area contributed by atoms with Gasteiger partial charge in [0.15, 0.2) is 0 Å². The van der Waals surface area contributed by atoms with Gasteiger partial charge in [-0.2, -0.15) is 0 Å². The number of hydrogen-bond acceptors (Lipinski definition) is 3. The Balaban J connectivity index is 2.06. The van der Waals surface area contributed by atoms with Crippen LogP contribution in [0.3, 0.4) is 0 Å². The molecule has 0 amide bonds. The number of carboxylic acid groups (broad SMARTS) is 1. The molecule has 1 aromatic carbocycles. The van der Waals surface area contributed by atoms with Gasteiger partial charge in [0.1, 0.15) is 11.6 Å². The third kappa shape index (κ3) is 2.68. The molecule has 2 rings (SSSR count). The predicted octanol–water partition coefficient (Wildman–Crippen LogP) is 2.77. The SMILES string of the molecule is O=C(O)c1cccc(F)c1NCCc1ccco1. The molecule has 0 aliphatic carbocycles. The average Bonchev–Trinajstić information content (AvgIpc) is 2.84. The molecule has 1 heterocycles. The van der Waals surface area contributed by atoms with Crippen LogP contribution < -0.4 is 5.32 Å². The maximum absolute atomic E-state index is 13.5. The van der Waals surface area contributed by atoms with Crippen molar-refractivity contribution in [1.29, 1.82) is 0 Å². The van der Waals surface area contributed by atoms with Gasteiger partial charge in [-0.15, -0.1) is 0 Å². The number of nitrogens with one attached hydrogen (secondary N) is 1. The van der Waals surface area contributed by atoms with Crippen LogP contribution in [0.15, 0.2) is 41.0 Å². The molecule has 4 nitrogen and oxygen atoms in total. The second-order valence-corrected chi connectivity index (χ2v) is 3.72. The van der Waals surface area contributed by atoms with E-state index in [2.05, 4.69) is 5.32 Å². The Kier molecular flexibility index (Phi) is 3.62. The highest BCUT2D eigenvalue weighted by molar-refractivity contribution is 5.94. The van der Waals surface area contributed by atoms with E-state index in [1.54, 1.807) is 18.4 Å². The van der Waals surface area contributed by atoms with E-state index in [1.165, 1.54) is 18.2 Å². The van der Waals surface area contributed by atoms with Crippen LogP contribution in [0.2, 0.25) is 0 Å². The molecular formula is C13H12FNO3. The molecule has 5 heteroatoms. The first kappa shape index (κ1) is 12.2. The molecule has 0 saturated heterocycles. The average molecular weight is 249 g/mol. The van der Waals surface area contributed by atoms with Crippen molar-refractivity contribution in [2.75, 3.05) is 11.9 Å². The Hall–Kier alpha value is -2.30. The van der Waals surface area contributed by atoms with Gasteiger partial charge in [0.05, 0.1) is 17.5 Å². The van der Waals surface area contributed by atoms with Gasteiger partial charge < -0.3 is 14.8 Å². The Morgan fingerprint density at radius 3 is 2.83 bits per heavy atom. The van der Waals surface area contributed by atoms with E-state index < -0.39 is 11.8 Å². The summed E-state index contributed by atoms with van der Waals surface area (Å²) in [7, 11) is 0. The lowest BCUT2D eigenvalue weighted by Gasteiger charge is -2.09. The molecule has 0 fully saturated rings. The summed E-state index contributed by atoms with van der Waals surface area (Å²) < 4.78 is 18.7. The fourth-order valence-electron chi connectivity index (χ4n) is 1.65. The predicted molar refractivity (Wildman–Crippen MR) is 64.3 cm³/mol. The zero-order valence-electron chi connectivity index (χ0n) is 9.52. The maximum Gasteiger partial charge on any atom is 0.337 e. The molecular weight excluding hydrogens is 237 g/mol. The molecule has 0 atom stereocenters. The molecule has 0 bridgehead atoms. The number of anilines is 1. The van der Waals surface area contributed by atoms with E-state index >= 15 is 0 Å². The topological polar surface area (TPSA) is 62.5 Å². The summed E-state index contributed by atoms with van der Waals surface area (Å²) in [6, 6.07) is 7.53. The Labute approximate surface area is 103 Å². The van der Waals surface area contributed by atoms with Crippen LogP contribution >= 0.6 is 0 Å². The third-order valence-electron chi connectivity index (χ3n) is 2.50. The fraction of sp³-hybridized carbons (Fsp3) is 0.154. The first-order valence-corrected chi connectivity index (χ1v) is 5.46. The summed E-state index contributed by atoms with van der Waals surface area (Å²) in [5.41, 5.74) is -0.0639. The summed E-state index contributed by atoms with van der Waals surface area (Å²) in [6.07, 6.45) is 2.11. The molecule has 0 radical (unpaired) electrons. The largest absolute Gasteiger partial charge is 0.478 e. The maximum atomic E-state index is 13.5. The van der Waals surface area contributed by atoms with E-state index in [-0.39, 0.29) is 11.3 Å². The summed E-state index contributed by atoms with van der Waals surface area (Å²) in [4.78, 5) is 10.9. The van der Waals surface area contributed by atoms with Crippen LogP contribution in [-0.4, -0.2) is 17.6 Å². The molecule has 1 aromatic heterocycles. The number of hydrogen-bond donors (Lipinski definition) is 2. The summed E-state index contributed by atoms with van der Waals surface area (Å²) in [6.45, 7) is 0.398. The molecule has 0 unspecified atom stereocenters. The van der Waals surface area contributed by atoms with E-state index in [0.29, 0.717) is 13.0 Å². The third-order valence-corrected chi connectivity index (χ3v) is 2.50. The number of carboxylic acids is 1. The molecule has 0 aliphatic rings. The van der Waals surface area contributed by atoms with Crippen molar-refractivity contribution in [1.82, 2.24) is 0 Å². The van der Waals surface area contributed by atoms with Gasteiger partial charge in [-0.3, -0.25) is 0 Å². The zero-order valence-corrected chi connectivity index (χ0v) is 9.52. The number of para-hydroxylation sites is 1. The summed E-state index contributed by atoms with van der Waals surface area (Å²) in [5, 5.41) is 11.7. The summed E-state index contributed by atoms with van der Waals surface area (Å²) in [5.74, 6) is -0.972. The Morgan fingerprint density at radius 2 is 2.17 bits per heavy atom. The van der Waals surface area contributed by atoms with Gasteiger partial charge in [-0.1, -0.05) is 6.07 Å². The standard InChI is InChI=1S/C13H12FNO3/c14-11-5-1-4-10(13(16)17)12(11)15-7-6-9-3-2-8-18-9/h1-5,8,15H,6-7H2,(H,16,17). The van der Waals surface area contributed by atoms with Crippen molar-refractivity contribution in [3.05, 3.63) is 53.7 Å². The summed E-state index contributed by atoms with van der Waals surface area (Å²) >= 11 is 0. The number of furan rings is 1. The second-order valence-electron chi connectivity index (χ2n) is 3.72. The lowest BCUT2D eigenvalue weighted by molar-refractivity contribution is 0.0697. The minimum Gasteiger partial charge on any atom is -0.478 e. The van der Waals surface area contributed by atoms with Gasteiger partial charge in [0.2, 0.25) is 0 Å². The molecule has 0 spiro atoms. The highest BCUT2D eigenvalue weighted by Gasteiger charge is 2.13. The molecule has 18 heavy (non-hydrogen) atoms. The Morgan fingerprint density at radius 1 is 1.33 bits per heavy atom. The molecule has 94 valence electrons.